The van der Waals surface area contributed by atoms with E-state index in [0.29, 0.717) is 6.54 Å². The number of halogens is 1. The number of aliphatic hydroxyl groups excluding tert-OH is 1. The van der Waals surface area contributed by atoms with Crippen molar-refractivity contribution in [3.05, 3.63) is 58.5 Å². The number of carbonyl (C=O) groups is 1. The molecular formula is C16H14ClNO3. The highest BCUT2D eigenvalue weighted by Crippen LogP contribution is 2.16. The van der Waals surface area contributed by atoms with Crippen LogP contribution in [0.5, 0.6) is 0 Å². The Labute approximate surface area is 127 Å². The van der Waals surface area contributed by atoms with E-state index < -0.39 is 0 Å². The first-order valence-corrected chi connectivity index (χ1v) is 6.67. The van der Waals surface area contributed by atoms with Crippen LogP contribution in [0.4, 0.5) is 0 Å². The van der Waals surface area contributed by atoms with Crippen LogP contribution in [-0.4, -0.2) is 29.6 Å². The van der Waals surface area contributed by atoms with Crippen molar-refractivity contribution in [2.24, 2.45) is 0 Å². The smallest absolute Gasteiger partial charge is 0.289 e. The van der Waals surface area contributed by atoms with E-state index in [1.165, 1.54) is 11.0 Å². The molecule has 0 bridgehead atoms. The molecule has 4 nitrogen and oxygen atoms in total. The Kier molecular flexibility index (Phi) is 5.04. The summed E-state index contributed by atoms with van der Waals surface area (Å²) in [5.74, 6) is 5.39. The summed E-state index contributed by atoms with van der Waals surface area (Å²) < 4.78 is 5.11. The predicted molar refractivity (Wildman–Crippen MR) is 79.9 cm³/mol. The van der Waals surface area contributed by atoms with Crippen LogP contribution in [0.2, 0.25) is 5.22 Å². The predicted octanol–water partition coefficient (Wildman–Crippen LogP) is 2.55. The van der Waals surface area contributed by atoms with Crippen LogP contribution in [0.25, 0.3) is 0 Å². The molecule has 1 amide bonds. The van der Waals surface area contributed by atoms with Crippen molar-refractivity contribution in [1.82, 2.24) is 4.90 Å². The van der Waals surface area contributed by atoms with E-state index >= 15 is 0 Å². The third kappa shape index (κ3) is 4.12. The van der Waals surface area contributed by atoms with Gasteiger partial charge < -0.3 is 14.4 Å². The molecule has 0 aliphatic heterocycles. The van der Waals surface area contributed by atoms with Gasteiger partial charge in [-0.3, -0.25) is 4.79 Å². The van der Waals surface area contributed by atoms with Crippen LogP contribution >= 0.6 is 11.6 Å². The average Bonchev–Trinajstić information content (AvgIpc) is 2.91. The molecule has 1 aromatic heterocycles. The zero-order valence-corrected chi connectivity index (χ0v) is 12.2. The summed E-state index contributed by atoms with van der Waals surface area (Å²) in [5.41, 5.74) is 1.73. The Morgan fingerprint density at radius 1 is 1.38 bits per heavy atom. The molecule has 21 heavy (non-hydrogen) atoms. The molecule has 2 rings (SSSR count). The van der Waals surface area contributed by atoms with Crippen LogP contribution in [0.15, 0.2) is 40.8 Å². The molecule has 5 heteroatoms. The second kappa shape index (κ2) is 6.98. The molecular weight excluding hydrogens is 290 g/mol. The maximum absolute atomic E-state index is 12.1. The highest BCUT2D eigenvalue weighted by Gasteiger charge is 2.15. The Balaban J connectivity index is 2.08. The van der Waals surface area contributed by atoms with Crippen molar-refractivity contribution < 1.29 is 14.3 Å². The van der Waals surface area contributed by atoms with Crippen molar-refractivity contribution in [3.63, 3.8) is 0 Å². The van der Waals surface area contributed by atoms with E-state index in [1.54, 1.807) is 13.1 Å². The van der Waals surface area contributed by atoms with Gasteiger partial charge in [0, 0.05) is 19.2 Å². The fourth-order valence-corrected chi connectivity index (χ4v) is 2.00. The van der Waals surface area contributed by atoms with Gasteiger partial charge in [0.25, 0.3) is 5.91 Å². The van der Waals surface area contributed by atoms with E-state index in [1.807, 2.05) is 24.3 Å². The number of nitrogens with zero attached hydrogens (tertiary/aromatic N) is 1. The van der Waals surface area contributed by atoms with E-state index in [9.17, 15) is 4.79 Å². The lowest BCUT2D eigenvalue weighted by Crippen LogP contribution is -2.25. The lowest BCUT2D eigenvalue weighted by molar-refractivity contribution is 0.0753. The van der Waals surface area contributed by atoms with Gasteiger partial charge in [-0.25, -0.2) is 0 Å². The SMILES string of the molecule is CN(Cc1cccc(C#CCO)c1)C(=O)c1ccc(Cl)o1. The number of hydrogen-bond acceptors (Lipinski definition) is 3. The normalized spacial score (nSPS) is 9.86. The third-order valence-corrected chi connectivity index (χ3v) is 2.99. The number of carbonyl (C=O) groups excluding carboxylic acids is 1. The maximum atomic E-state index is 12.1. The lowest BCUT2D eigenvalue weighted by Gasteiger charge is -2.15. The van der Waals surface area contributed by atoms with Gasteiger partial charge in [-0.1, -0.05) is 24.0 Å². The molecule has 0 unspecified atom stereocenters. The van der Waals surface area contributed by atoms with Crippen molar-refractivity contribution in [3.8, 4) is 11.8 Å². The zero-order chi connectivity index (χ0) is 15.2. The fourth-order valence-electron chi connectivity index (χ4n) is 1.85. The fraction of sp³-hybridized carbons (Fsp3) is 0.188. The monoisotopic (exact) mass is 303 g/mol. The number of benzene rings is 1. The van der Waals surface area contributed by atoms with Crippen molar-refractivity contribution in [1.29, 1.82) is 0 Å². The minimum atomic E-state index is -0.242. The van der Waals surface area contributed by atoms with Crippen LogP contribution in [-0.2, 0) is 6.54 Å². The number of hydrogen-bond donors (Lipinski definition) is 1. The molecule has 0 aliphatic rings. The summed E-state index contributed by atoms with van der Waals surface area (Å²) in [6.45, 7) is 0.244. The van der Waals surface area contributed by atoms with Gasteiger partial charge in [0.2, 0.25) is 0 Å². The van der Waals surface area contributed by atoms with Crippen molar-refractivity contribution in [2.75, 3.05) is 13.7 Å². The van der Waals surface area contributed by atoms with Crippen LogP contribution in [0, 0.1) is 11.8 Å². The molecule has 0 radical (unpaired) electrons. The molecule has 1 aromatic carbocycles. The topological polar surface area (TPSA) is 53.7 Å². The highest BCUT2D eigenvalue weighted by atomic mass is 35.5. The largest absolute Gasteiger partial charge is 0.440 e. The van der Waals surface area contributed by atoms with Gasteiger partial charge in [0.05, 0.1) is 0 Å². The van der Waals surface area contributed by atoms with Gasteiger partial charge in [0.1, 0.15) is 6.61 Å². The first-order chi connectivity index (χ1) is 10.1. The molecule has 0 saturated carbocycles. The third-order valence-electron chi connectivity index (χ3n) is 2.79. The van der Waals surface area contributed by atoms with Crippen LogP contribution < -0.4 is 0 Å². The van der Waals surface area contributed by atoms with Crippen LogP contribution in [0.1, 0.15) is 21.7 Å². The summed E-state index contributed by atoms with van der Waals surface area (Å²) in [6, 6.07) is 10.6. The maximum Gasteiger partial charge on any atom is 0.289 e. The van der Waals surface area contributed by atoms with Gasteiger partial charge in [-0.2, -0.15) is 0 Å². The molecule has 2 aromatic rings. The quantitative estimate of drug-likeness (QED) is 0.887. The summed E-state index contributed by atoms with van der Waals surface area (Å²) in [6.07, 6.45) is 0. The van der Waals surface area contributed by atoms with Gasteiger partial charge in [-0.15, -0.1) is 0 Å². The lowest BCUT2D eigenvalue weighted by atomic mass is 10.1. The first kappa shape index (κ1) is 15.2. The molecule has 0 fully saturated rings. The van der Waals surface area contributed by atoms with Crippen LogP contribution in [0.3, 0.4) is 0 Å². The second-order valence-corrected chi connectivity index (χ2v) is 4.80. The Morgan fingerprint density at radius 3 is 2.86 bits per heavy atom. The second-order valence-electron chi connectivity index (χ2n) is 4.43. The zero-order valence-electron chi connectivity index (χ0n) is 11.5. The van der Waals surface area contributed by atoms with E-state index in [4.69, 9.17) is 21.1 Å². The minimum Gasteiger partial charge on any atom is -0.440 e. The Hall–Kier alpha value is -2.22. The number of rotatable bonds is 3. The average molecular weight is 304 g/mol. The molecule has 108 valence electrons. The van der Waals surface area contributed by atoms with Gasteiger partial charge in [0.15, 0.2) is 11.0 Å². The highest BCUT2D eigenvalue weighted by molar-refractivity contribution is 6.29. The van der Waals surface area contributed by atoms with E-state index in [-0.39, 0.29) is 23.5 Å². The standard InChI is InChI=1S/C16H14ClNO3/c1-18(16(20)14-7-8-15(17)21-14)11-13-5-2-4-12(10-13)6-3-9-19/h2,4-5,7-8,10,19H,9,11H2,1H3. The molecule has 1 heterocycles. The summed E-state index contributed by atoms with van der Waals surface area (Å²) >= 11 is 5.67. The molecule has 1 N–H and O–H groups in total. The number of furan rings is 1. The van der Waals surface area contributed by atoms with E-state index in [0.717, 1.165) is 11.1 Å². The molecule has 0 saturated heterocycles. The summed E-state index contributed by atoms with van der Waals surface area (Å²) in [7, 11) is 1.69. The molecule has 0 spiro atoms. The van der Waals surface area contributed by atoms with Crippen molar-refractivity contribution in [2.45, 2.75) is 6.54 Å². The minimum absolute atomic E-state index is 0.179. The van der Waals surface area contributed by atoms with Crippen molar-refractivity contribution >= 4 is 17.5 Å². The first-order valence-electron chi connectivity index (χ1n) is 6.29. The Morgan fingerprint density at radius 2 is 2.19 bits per heavy atom. The molecule has 0 atom stereocenters. The van der Waals surface area contributed by atoms with Gasteiger partial charge >= 0.3 is 0 Å². The van der Waals surface area contributed by atoms with E-state index in [2.05, 4.69) is 11.8 Å². The number of amides is 1. The summed E-state index contributed by atoms with van der Waals surface area (Å²) in [5, 5.41) is 8.88. The Bertz CT molecular complexity index is 697. The molecule has 0 aliphatic carbocycles. The summed E-state index contributed by atoms with van der Waals surface area (Å²) in [4.78, 5) is 13.7. The number of aliphatic hydroxyl groups is 1. The van der Waals surface area contributed by atoms with Gasteiger partial charge in [-0.05, 0) is 41.4 Å².